The van der Waals surface area contributed by atoms with Crippen LogP contribution in [0.1, 0.15) is 32.6 Å². The normalized spacial score (nSPS) is 14.4. The highest BCUT2D eigenvalue weighted by atomic mass is 35.5. The van der Waals surface area contributed by atoms with Crippen LogP contribution in [0, 0.1) is 11.7 Å². The Morgan fingerprint density at radius 1 is 1.29 bits per heavy atom. The summed E-state index contributed by atoms with van der Waals surface area (Å²) >= 11 is 5.79. The van der Waals surface area contributed by atoms with Crippen LogP contribution in [0.25, 0.3) is 11.4 Å². The molecule has 1 N–H and O–H groups in total. The van der Waals surface area contributed by atoms with Crippen molar-refractivity contribution < 1.29 is 8.91 Å². The zero-order chi connectivity index (χ0) is 15.6. The van der Waals surface area contributed by atoms with E-state index < -0.39 is 5.82 Å². The summed E-state index contributed by atoms with van der Waals surface area (Å²) < 4.78 is 18.6. The Morgan fingerprint density at radius 2 is 2.00 bits per heavy atom. The van der Waals surface area contributed by atoms with Crippen molar-refractivity contribution in [3.8, 4) is 11.4 Å². The molecule has 0 bridgehead atoms. The molecule has 114 valence electrons. The van der Waals surface area contributed by atoms with Crippen LogP contribution in [0.4, 0.5) is 4.39 Å². The maximum atomic E-state index is 13.2. The molecule has 0 saturated heterocycles. The summed E-state index contributed by atoms with van der Waals surface area (Å²) in [5, 5.41) is 7.24. The third-order valence-corrected chi connectivity index (χ3v) is 3.91. The summed E-state index contributed by atoms with van der Waals surface area (Å²) in [5.41, 5.74) is 0.635. The molecular formula is C15H19ClFN3O. The second-order valence-electron chi connectivity index (χ2n) is 5.43. The number of aromatic nitrogens is 2. The number of halogens is 2. The van der Waals surface area contributed by atoms with Crippen LogP contribution in [0.3, 0.4) is 0 Å². The van der Waals surface area contributed by atoms with Gasteiger partial charge in [0.1, 0.15) is 5.82 Å². The SMILES string of the molecule is CNC(C)C(c1nc(-c2ccc(F)c(Cl)c2)no1)C(C)C. The molecule has 0 amide bonds. The number of nitrogens with one attached hydrogen (secondary N) is 1. The molecular weight excluding hydrogens is 293 g/mol. The number of likely N-dealkylation sites (N-methyl/N-ethyl adjacent to an activating group) is 1. The van der Waals surface area contributed by atoms with Crippen LogP contribution in [0.15, 0.2) is 22.7 Å². The Kier molecular flexibility index (Phi) is 4.96. The van der Waals surface area contributed by atoms with Crippen molar-refractivity contribution in [3.63, 3.8) is 0 Å². The van der Waals surface area contributed by atoms with E-state index in [1.807, 2.05) is 7.05 Å². The molecule has 4 nitrogen and oxygen atoms in total. The average molecular weight is 312 g/mol. The number of hydrogen-bond donors (Lipinski definition) is 1. The Hall–Kier alpha value is -1.46. The molecule has 21 heavy (non-hydrogen) atoms. The van der Waals surface area contributed by atoms with Crippen molar-refractivity contribution in [1.82, 2.24) is 15.5 Å². The van der Waals surface area contributed by atoms with Gasteiger partial charge < -0.3 is 9.84 Å². The van der Waals surface area contributed by atoms with Crippen molar-refractivity contribution in [2.75, 3.05) is 7.05 Å². The molecule has 0 fully saturated rings. The van der Waals surface area contributed by atoms with E-state index in [0.717, 1.165) is 0 Å². The third-order valence-electron chi connectivity index (χ3n) is 3.62. The van der Waals surface area contributed by atoms with Gasteiger partial charge in [-0.2, -0.15) is 4.98 Å². The molecule has 0 aliphatic rings. The fourth-order valence-corrected chi connectivity index (χ4v) is 2.56. The van der Waals surface area contributed by atoms with Gasteiger partial charge in [0.2, 0.25) is 11.7 Å². The minimum Gasteiger partial charge on any atom is -0.339 e. The fraction of sp³-hybridized carbons (Fsp3) is 0.467. The minimum atomic E-state index is -0.465. The van der Waals surface area contributed by atoms with Crippen LogP contribution >= 0.6 is 11.6 Å². The fourth-order valence-electron chi connectivity index (χ4n) is 2.38. The van der Waals surface area contributed by atoms with Crippen LogP contribution < -0.4 is 5.32 Å². The Bertz CT molecular complexity index is 615. The van der Waals surface area contributed by atoms with Gasteiger partial charge in [-0.05, 0) is 38.1 Å². The lowest BCUT2D eigenvalue weighted by molar-refractivity contribution is 0.286. The van der Waals surface area contributed by atoms with E-state index in [2.05, 4.69) is 36.2 Å². The Balaban J connectivity index is 2.33. The van der Waals surface area contributed by atoms with Gasteiger partial charge in [0.25, 0.3) is 0 Å². The van der Waals surface area contributed by atoms with E-state index in [-0.39, 0.29) is 17.0 Å². The predicted molar refractivity (Wildman–Crippen MR) is 80.8 cm³/mol. The lowest BCUT2D eigenvalue weighted by Gasteiger charge is -2.23. The van der Waals surface area contributed by atoms with Gasteiger partial charge in [0.15, 0.2) is 0 Å². The standard InChI is InChI=1S/C15H19ClFN3O/c1-8(2)13(9(3)18-4)15-19-14(20-21-15)10-5-6-12(17)11(16)7-10/h5-9,13,18H,1-4H3. The van der Waals surface area contributed by atoms with E-state index in [1.54, 1.807) is 6.07 Å². The van der Waals surface area contributed by atoms with Crippen molar-refractivity contribution in [1.29, 1.82) is 0 Å². The Labute approximate surface area is 128 Å². The van der Waals surface area contributed by atoms with Gasteiger partial charge in [-0.3, -0.25) is 0 Å². The van der Waals surface area contributed by atoms with E-state index >= 15 is 0 Å². The third kappa shape index (κ3) is 3.41. The minimum absolute atomic E-state index is 0.0443. The first-order valence-corrected chi connectivity index (χ1v) is 7.28. The summed E-state index contributed by atoms with van der Waals surface area (Å²) in [6.45, 7) is 6.29. The zero-order valence-electron chi connectivity index (χ0n) is 12.5. The van der Waals surface area contributed by atoms with Crippen molar-refractivity contribution >= 4 is 11.6 Å². The second kappa shape index (κ2) is 6.54. The van der Waals surface area contributed by atoms with Gasteiger partial charge >= 0.3 is 0 Å². The number of nitrogens with zero attached hydrogens (tertiary/aromatic N) is 2. The van der Waals surface area contributed by atoms with E-state index in [1.165, 1.54) is 12.1 Å². The molecule has 0 radical (unpaired) electrons. The topological polar surface area (TPSA) is 51.0 Å². The molecule has 2 unspecified atom stereocenters. The molecule has 1 heterocycles. The quantitative estimate of drug-likeness (QED) is 0.910. The van der Waals surface area contributed by atoms with Gasteiger partial charge in [-0.1, -0.05) is 30.6 Å². The summed E-state index contributed by atoms with van der Waals surface area (Å²) in [6, 6.07) is 4.58. The van der Waals surface area contributed by atoms with Gasteiger partial charge in [-0.25, -0.2) is 4.39 Å². The molecule has 0 aliphatic carbocycles. The smallest absolute Gasteiger partial charge is 0.231 e. The van der Waals surface area contributed by atoms with Gasteiger partial charge in [0, 0.05) is 11.6 Å². The first-order valence-electron chi connectivity index (χ1n) is 6.90. The summed E-state index contributed by atoms with van der Waals surface area (Å²) in [4.78, 5) is 4.44. The van der Waals surface area contributed by atoms with Crippen molar-refractivity contribution in [2.24, 2.45) is 5.92 Å². The summed E-state index contributed by atoms with van der Waals surface area (Å²) in [6.07, 6.45) is 0. The van der Waals surface area contributed by atoms with E-state index in [9.17, 15) is 4.39 Å². The van der Waals surface area contributed by atoms with Crippen molar-refractivity contribution in [3.05, 3.63) is 34.9 Å². The molecule has 0 spiro atoms. The molecule has 1 aromatic carbocycles. The number of hydrogen-bond acceptors (Lipinski definition) is 4. The van der Waals surface area contributed by atoms with Crippen LogP contribution in [-0.4, -0.2) is 23.2 Å². The first kappa shape index (κ1) is 15.9. The molecule has 2 aromatic rings. The van der Waals surface area contributed by atoms with Crippen LogP contribution in [0.2, 0.25) is 5.02 Å². The monoisotopic (exact) mass is 311 g/mol. The highest BCUT2D eigenvalue weighted by Crippen LogP contribution is 2.29. The number of rotatable bonds is 5. The highest BCUT2D eigenvalue weighted by Gasteiger charge is 2.27. The molecule has 2 atom stereocenters. The van der Waals surface area contributed by atoms with E-state index in [0.29, 0.717) is 23.2 Å². The largest absolute Gasteiger partial charge is 0.339 e. The summed E-state index contributed by atoms with van der Waals surface area (Å²) in [7, 11) is 1.90. The maximum absolute atomic E-state index is 13.2. The highest BCUT2D eigenvalue weighted by molar-refractivity contribution is 6.31. The van der Waals surface area contributed by atoms with Gasteiger partial charge in [-0.15, -0.1) is 0 Å². The molecule has 0 saturated carbocycles. The first-order chi connectivity index (χ1) is 9.93. The second-order valence-corrected chi connectivity index (χ2v) is 5.84. The van der Waals surface area contributed by atoms with Crippen molar-refractivity contribution in [2.45, 2.75) is 32.7 Å². The number of benzene rings is 1. The van der Waals surface area contributed by atoms with Gasteiger partial charge in [0.05, 0.1) is 10.9 Å². The average Bonchev–Trinajstić information content (AvgIpc) is 2.90. The van der Waals surface area contributed by atoms with Crippen LogP contribution in [0.5, 0.6) is 0 Å². The summed E-state index contributed by atoms with van der Waals surface area (Å²) in [5.74, 6) is 0.973. The van der Waals surface area contributed by atoms with E-state index in [4.69, 9.17) is 16.1 Å². The zero-order valence-corrected chi connectivity index (χ0v) is 13.3. The predicted octanol–water partition coefficient (Wildman–Crippen LogP) is 3.88. The molecule has 2 rings (SSSR count). The molecule has 6 heteroatoms. The lowest BCUT2D eigenvalue weighted by Crippen LogP contribution is -2.32. The molecule has 1 aromatic heterocycles. The lowest BCUT2D eigenvalue weighted by atomic mass is 9.89. The maximum Gasteiger partial charge on any atom is 0.231 e. The van der Waals surface area contributed by atoms with Crippen LogP contribution in [-0.2, 0) is 0 Å². The molecule has 0 aliphatic heterocycles. The Morgan fingerprint density at radius 3 is 2.57 bits per heavy atom.